The number of aryl methyl sites for hydroxylation is 1. The number of carbonyl (C=O) groups is 2. The molecule has 3 heteroatoms. The summed E-state index contributed by atoms with van der Waals surface area (Å²) in [5.41, 5.74) is 2.27. The zero-order chi connectivity index (χ0) is 11.1. The predicted octanol–water partition coefficient (Wildman–Crippen LogP) is 1.81. The Morgan fingerprint density at radius 3 is 2.88 bits per heavy atom. The molecule has 3 nitrogen and oxygen atoms in total. The fraction of sp³-hybridized carbons (Fsp3) is 0.385. The van der Waals surface area contributed by atoms with Crippen molar-refractivity contribution in [1.29, 1.82) is 0 Å². The van der Waals surface area contributed by atoms with Crippen LogP contribution in [0.5, 0.6) is 0 Å². The zero-order valence-electron chi connectivity index (χ0n) is 8.81. The minimum Gasteiger partial charge on any atom is -0.393 e. The van der Waals surface area contributed by atoms with Gasteiger partial charge in [0.25, 0.3) is 0 Å². The highest BCUT2D eigenvalue weighted by atomic mass is 16.6. The monoisotopic (exact) mass is 216 g/mol. The van der Waals surface area contributed by atoms with Gasteiger partial charge in [0.1, 0.15) is 0 Å². The maximum Gasteiger partial charge on any atom is 0.321 e. The molecule has 0 spiro atoms. The Hall–Kier alpha value is -1.64. The van der Waals surface area contributed by atoms with E-state index in [0.717, 1.165) is 18.4 Å². The summed E-state index contributed by atoms with van der Waals surface area (Å²) in [6.07, 6.45) is 2.24. The van der Waals surface area contributed by atoms with E-state index in [0.29, 0.717) is 6.42 Å². The molecule has 2 atom stereocenters. The summed E-state index contributed by atoms with van der Waals surface area (Å²) in [7, 11) is 0. The summed E-state index contributed by atoms with van der Waals surface area (Å²) in [5.74, 6) is -0.815. The second-order valence-corrected chi connectivity index (χ2v) is 4.47. The van der Waals surface area contributed by atoms with E-state index >= 15 is 0 Å². The van der Waals surface area contributed by atoms with Gasteiger partial charge in [-0.1, -0.05) is 24.3 Å². The van der Waals surface area contributed by atoms with Gasteiger partial charge in [0.05, 0.1) is 12.3 Å². The van der Waals surface area contributed by atoms with Crippen LogP contribution in [0.25, 0.3) is 0 Å². The Bertz CT molecular complexity index is 464. The Morgan fingerprint density at radius 1 is 1.19 bits per heavy atom. The van der Waals surface area contributed by atoms with Crippen molar-refractivity contribution in [3.8, 4) is 0 Å². The maximum atomic E-state index is 11.8. The first-order valence-electron chi connectivity index (χ1n) is 5.58. The topological polar surface area (TPSA) is 43.4 Å². The van der Waals surface area contributed by atoms with Gasteiger partial charge in [0.2, 0.25) is 0 Å². The van der Waals surface area contributed by atoms with Gasteiger partial charge in [-0.2, -0.15) is 0 Å². The number of hydrogen-bond donors (Lipinski definition) is 0. The lowest BCUT2D eigenvalue weighted by Gasteiger charge is -2.34. The number of esters is 2. The Labute approximate surface area is 93.4 Å². The number of fused-ring (bicyclic) bond motifs is 3. The van der Waals surface area contributed by atoms with Crippen LogP contribution in [-0.4, -0.2) is 11.9 Å². The molecule has 16 heavy (non-hydrogen) atoms. The largest absolute Gasteiger partial charge is 0.393 e. The third kappa shape index (κ3) is 1.35. The number of carbonyl (C=O) groups excluding carboxylic acids is 2. The molecule has 0 radical (unpaired) electrons. The summed E-state index contributed by atoms with van der Waals surface area (Å²) < 4.78 is 4.73. The van der Waals surface area contributed by atoms with Gasteiger partial charge in [-0.3, -0.25) is 9.59 Å². The van der Waals surface area contributed by atoms with E-state index in [4.69, 9.17) is 4.74 Å². The molecule has 82 valence electrons. The standard InChI is InChI=1S/C13H12O3/c14-11-7-9-6-5-8-3-1-2-4-10(8)12(9)13(15)16-11/h1-4,9,12H,5-7H2. The fourth-order valence-corrected chi connectivity index (χ4v) is 2.80. The van der Waals surface area contributed by atoms with Crippen LogP contribution in [0, 0.1) is 5.92 Å². The molecule has 1 heterocycles. The highest BCUT2D eigenvalue weighted by Gasteiger charge is 2.41. The van der Waals surface area contributed by atoms with Crippen molar-refractivity contribution in [3.05, 3.63) is 35.4 Å². The molecule has 1 aliphatic heterocycles. The lowest BCUT2D eigenvalue weighted by Crippen LogP contribution is -2.36. The minimum absolute atomic E-state index is 0.142. The van der Waals surface area contributed by atoms with E-state index in [1.807, 2.05) is 18.2 Å². The first-order valence-corrected chi connectivity index (χ1v) is 5.58. The molecule has 2 aliphatic rings. The highest BCUT2D eigenvalue weighted by molar-refractivity contribution is 5.93. The lowest BCUT2D eigenvalue weighted by atomic mass is 9.73. The van der Waals surface area contributed by atoms with Gasteiger partial charge < -0.3 is 4.74 Å². The predicted molar refractivity (Wildman–Crippen MR) is 56.7 cm³/mol. The van der Waals surface area contributed by atoms with Crippen molar-refractivity contribution < 1.29 is 14.3 Å². The van der Waals surface area contributed by atoms with Gasteiger partial charge in [-0.05, 0) is 29.9 Å². The second kappa shape index (κ2) is 3.44. The van der Waals surface area contributed by atoms with Gasteiger partial charge in [0, 0.05) is 0 Å². The molecule has 0 saturated carbocycles. The normalized spacial score (nSPS) is 28.0. The van der Waals surface area contributed by atoms with Gasteiger partial charge in [-0.15, -0.1) is 0 Å². The smallest absolute Gasteiger partial charge is 0.321 e. The van der Waals surface area contributed by atoms with Crippen LogP contribution in [0.3, 0.4) is 0 Å². The number of hydrogen-bond acceptors (Lipinski definition) is 3. The second-order valence-electron chi connectivity index (χ2n) is 4.47. The summed E-state index contributed by atoms with van der Waals surface area (Å²) >= 11 is 0. The van der Waals surface area contributed by atoms with Crippen LogP contribution >= 0.6 is 0 Å². The van der Waals surface area contributed by atoms with Crippen LogP contribution in [0.15, 0.2) is 24.3 Å². The lowest BCUT2D eigenvalue weighted by molar-refractivity contribution is -0.167. The first-order chi connectivity index (χ1) is 7.75. The SMILES string of the molecule is O=C1CC2CCc3ccccc3C2C(=O)O1. The van der Waals surface area contributed by atoms with E-state index in [2.05, 4.69) is 6.07 Å². The molecule has 0 amide bonds. The third-order valence-electron chi connectivity index (χ3n) is 3.54. The molecule has 3 rings (SSSR count). The van der Waals surface area contributed by atoms with Crippen LogP contribution < -0.4 is 0 Å². The molecular formula is C13H12O3. The van der Waals surface area contributed by atoms with Crippen molar-refractivity contribution in [3.63, 3.8) is 0 Å². The molecule has 0 aromatic heterocycles. The molecule has 1 saturated heterocycles. The number of rotatable bonds is 0. The highest BCUT2D eigenvalue weighted by Crippen LogP contribution is 2.41. The molecule has 1 aromatic rings. The van der Waals surface area contributed by atoms with Crippen molar-refractivity contribution >= 4 is 11.9 Å². The molecule has 1 fully saturated rings. The number of benzene rings is 1. The molecule has 1 aromatic carbocycles. The summed E-state index contributed by atoms with van der Waals surface area (Å²) in [4.78, 5) is 23.0. The first kappa shape index (κ1) is 9.58. The van der Waals surface area contributed by atoms with Crippen molar-refractivity contribution in [2.24, 2.45) is 5.92 Å². The summed E-state index contributed by atoms with van der Waals surface area (Å²) in [6.45, 7) is 0. The van der Waals surface area contributed by atoms with Crippen LogP contribution in [0.1, 0.15) is 29.9 Å². The zero-order valence-corrected chi connectivity index (χ0v) is 8.81. The number of ether oxygens (including phenoxy) is 1. The average Bonchev–Trinajstić information content (AvgIpc) is 2.28. The Balaban J connectivity index is 2.05. The van der Waals surface area contributed by atoms with Crippen LogP contribution in [0.4, 0.5) is 0 Å². The van der Waals surface area contributed by atoms with E-state index in [9.17, 15) is 9.59 Å². The van der Waals surface area contributed by atoms with Gasteiger partial charge in [-0.25, -0.2) is 0 Å². The quantitative estimate of drug-likeness (QED) is 0.490. The van der Waals surface area contributed by atoms with Crippen molar-refractivity contribution in [2.75, 3.05) is 0 Å². The third-order valence-corrected chi connectivity index (χ3v) is 3.54. The molecule has 0 N–H and O–H groups in total. The van der Waals surface area contributed by atoms with E-state index in [1.54, 1.807) is 0 Å². The van der Waals surface area contributed by atoms with Crippen LogP contribution in [0.2, 0.25) is 0 Å². The number of cyclic esters (lactones) is 2. The average molecular weight is 216 g/mol. The van der Waals surface area contributed by atoms with E-state index < -0.39 is 0 Å². The fourth-order valence-electron chi connectivity index (χ4n) is 2.80. The van der Waals surface area contributed by atoms with Gasteiger partial charge in [0.15, 0.2) is 0 Å². The molecular weight excluding hydrogens is 204 g/mol. The Morgan fingerprint density at radius 2 is 2.00 bits per heavy atom. The van der Waals surface area contributed by atoms with Crippen molar-refractivity contribution in [1.82, 2.24) is 0 Å². The molecule has 0 bridgehead atoms. The van der Waals surface area contributed by atoms with Crippen molar-refractivity contribution in [2.45, 2.75) is 25.2 Å². The molecule has 1 aliphatic carbocycles. The van der Waals surface area contributed by atoms with E-state index in [1.165, 1.54) is 5.56 Å². The summed E-state index contributed by atoms with van der Waals surface area (Å²) in [5, 5.41) is 0. The minimum atomic E-state index is -0.370. The van der Waals surface area contributed by atoms with E-state index in [-0.39, 0.29) is 23.8 Å². The summed E-state index contributed by atoms with van der Waals surface area (Å²) in [6, 6.07) is 7.95. The van der Waals surface area contributed by atoms with Gasteiger partial charge >= 0.3 is 11.9 Å². The molecule has 2 unspecified atom stereocenters. The van der Waals surface area contributed by atoms with Crippen LogP contribution in [-0.2, 0) is 20.7 Å². The Kier molecular flexibility index (Phi) is 2.06. The maximum absolute atomic E-state index is 11.8.